The number of para-hydroxylation sites is 1. The number of carbonyl (C=O) groups is 2. The predicted octanol–water partition coefficient (Wildman–Crippen LogP) is 1.07. The molecule has 1 unspecified atom stereocenters. The minimum atomic E-state index is -0.594. The van der Waals surface area contributed by atoms with Crippen molar-refractivity contribution in [3.63, 3.8) is 0 Å². The van der Waals surface area contributed by atoms with Crippen molar-refractivity contribution < 1.29 is 9.59 Å². The number of anilines is 1. The van der Waals surface area contributed by atoms with E-state index >= 15 is 0 Å². The normalized spacial score (nSPS) is 17.2. The number of unbranched alkanes of at least 4 members (excludes halogenated alkanes) is 1. The number of nitrogens with two attached hydrogens (primary N) is 2. The number of amides is 2. The molecule has 1 aromatic rings. The SMILES string of the molecule is NCCCC[C@H](NC(=O)CCC1CNc2ccccc21)C(N)=O. The Bertz CT molecular complexity index is 547. The molecule has 2 atom stereocenters. The van der Waals surface area contributed by atoms with E-state index in [0.717, 1.165) is 31.5 Å². The zero-order valence-electron chi connectivity index (χ0n) is 13.4. The van der Waals surface area contributed by atoms with Crippen molar-refractivity contribution in [2.24, 2.45) is 11.5 Å². The predicted molar refractivity (Wildman–Crippen MR) is 90.9 cm³/mol. The second kappa shape index (κ2) is 8.53. The second-order valence-corrected chi connectivity index (χ2v) is 6.01. The Morgan fingerprint density at radius 1 is 1.30 bits per heavy atom. The van der Waals surface area contributed by atoms with Gasteiger partial charge in [0.25, 0.3) is 0 Å². The lowest BCUT2D eigenvalue weighted by Gasteiger charge is -2.16. The number of rotatable bonds is 9. The molecule has 2 rings (SSSR count). The molecular weight excluding hydrogens is 292 g/mol. The van der Waals surface area contributed by atoms with Gasteiger partial charge >= 0.3 is 0 Å². The van der Waals surface area contributed by atoms with E-state index in [9.17, 15) is 9.59 Å². The Balaban J connectivity index is 1.79. The van der Waals surface area contributed by atoms with Crippen LogP contribution in [0.1, 0.15) is 43.6 Å². The number of hydrogen-bond acceptors (Lipinski definition) is 4. The van der Waals surface area contributed by atoms with E-state index < -0.39 is 11.9 Å². The molecule has 6 N–H and O–H groups in total. The summed E-state index contributed by atoms with van der Waals surface area (Å²) in [6, 6.07) is 7.56. The van der Waals surface area contributed by atoms with Gasteiger partial charge in [-0.15, -0.1) is 0 Å². The van der Waals surface area contributed by atoms with E-state index in [2.05, 4.69) is 22.8 Å². The summed E-state index contributed by atoms with van der Waals surface area (Å²) in [7, 11) is 0. The van der Waals surface area contributed by atoms with Crippen LogP contribution in [0.2, 0.25) is 0 Å². The molecular formula is C17H26N4O2. The topological polar surface area (TPSA) is 110 Å². The molecule has 6 heteroatoms. The zero-order valence-corrected chi connectivity index (χ0v) is 13.4. The molecule has 0 fully saturated rings. The molecule has 0 saturated heterocycles. The maximum absolute atomic E-state index is 12.1. The van der Waals surface area contributed by atoms with Crippen LogP contribution < -0.4 is 22.1 Å². The largest absolute Gasteiger partial charge is 0.384 e. The average Bonchev–Trinajstić information content (AvgIpc) is 2.95. The van der Waals surface area contributed by atoms with Crippen molar-refractivity contribution >= 4 is 17.5 Å². The fourth-order valence-corrected chi connectivity index (χ4v) is 2.96. The van der Waals surface area contributed by atoms with Gasteiger partial charge < -0.3 is 22.1 Å². The average molecular weight is 318 g/mol. The summed E-state index contributed by atoms with van der Waals surface area (Å²) in [6.45, 7) is 1.43. The summed E-state index contributed by atoms with van der Waals surface area (Å²) in [4.78, 5) is 23.5. The van der Waals surface area contributed by atoms with Crippen LogP contribution in [-0.2, 0) is 9.59 Å². The molecule has 0 aromatic heterocycles. The lowest BCUT2D eigenvalue weighted by Crippen LogP contribution is -2.44. The summed E-state index contributed by atoms with van der Waals surface area (Å²) in [5.74, 6) is -0.268. The second-order valence-electron chi connectivity index (χ2n) is 6.01. The molecule has 1 heterocycles. The molecule has 2 amide bonds. The number of fused-ring (bicyclic) bond motifs is 1. The van der Waals surface area contributed by atoms with E-state index in [-0.39, 0.29) is 5.91 Å². The Kier molecular flexibility index (Phi) is 6.40. The maximum atomic E-state index is 12.1. The summed E-state index contributed by atoms with van der Waals surface area (Å²) >= 11 is 0. The highest BCUT2D eigenvalue weighted by molar-refractivity contribution is 5.86. The van der Waals surface area contributed by atoms with Crippen molar-refractivity contribution in [2.75, 3.05) is 18.4 Å². The number of primary amides is 1. The quantitative estimate of drug-likeness (QED) is 0.510. The summed E-state index contributed by atoms with van der Waals surface area (Å²) in [5, 5.41) is 6.10. The molecule has 0 spiro atoms. The standard InChI is InChI=1S/C17H26N4O2/c18-10-4-3-7-15(17(19)23)21-16(22)9-8-12-11-20-14-6-2-1-5-13(12)14/h1-2,5-6,12,15,20H,3-4,7-11,18H2,(H2,19,23)(H,21,22)/t12?,15-/m0/s1. The van der Waals surface area contributed by atoms with Gasteiger partial charge in [-0.2, -0.15) is 0 Å². The molecule has 6 nitrogen and oxygen atoms in total. The molecule has 0 saturated carbocycles. The minimum Gasteiger partial charge on any atom is -0.384 e. The third-order valence-corrected chi connectivity index (χ3v) is 4.28. The first-order chi connectivity index (χ1) is 11.1. The third kappa shape index (κ3) is 4.96. The first-order valence-corrected chi connectivity index (χ1v) is 8.23. The molecule has 0 aliphatic carbocycles. The molecule has 1 aliphatic rings. The van der Waals surface area contributed by atoms with E-state index in [1.807, 2.05) is 12.1 Å². The molecule has 1 aliphatic heterocycles. The van der Waals surface area contributed by atoms with Crippen LogP contribution in [0.4, 0.5) is 5.69 Å². The smallest absolute Gasteiger partial charge is 0.239 e. The van der Waals surface area contributed by atoms with E-state index in [1.165, 1.54) is 5.56 Å². The van der Waals surface area contributed by atoms with Crippen molar-refractivity contribution in [3.8, 4) is 0 Å². The highest BCUT2D eigenvalue weighted by Crippen LogP contribution is 2.33. The number of benzene rings is 1. The van der Waals surface area contributed by atoms with Crippen LogP contribution >= 0.6 is 0 Å². The van der Waals surface area contributed by atoms with Gasteiger partial charge in [0.15, 0.2) is 0 Å². The fraction of sp³-hybridized carbons (Fsp3) is 0.529. The van der Waals surface area contributed by atoms with E-state index in [0.29, 0.717) is 25.3 Å². The van der Waals surface area contributed by atoms with Crippen LogP contribution in [-0.4, -0.2) is 30.9 Å². The van der Waals surface area contributed by atoms with Crippen molar-refractivity contribution in [1.29, 1.82) is 0 Å². The van der Waals surface area contributed by atoms with Gasteiger partial charge in [-0.3, -0.25) is 9.59 Å². The van der Waals surface area contributed by atoms with Crippen LogP contribution in [0.3, 0.4) is 0 Å². The highest BCUT2D eigenvalue weighted by atomic mass is 16.2. The monoisotopic (exact) mass is 318 g/mol. The number of nitrogens with one attached hydrogen (secondary N) is 2. The van der Waals surface area contributed by atoms with E-state index in [4.69, 9.17) is 11.5 Å². The third-order valence-electron chi connectivity index (χ3n) is 4.28. The minimum absolute atomic E-state index is 0.120. The first kappa shape index (κ1) is 17.3. The Morgan fingerprint density at radius 2 is 2.09 bits per heavy atom. The van der Waals surface area contributed by atoms with Gasteiger partial charge in [0, 0.05) is 24.6 Å². The number of hydrogen-bond donors (Lipinski definition) is 4. The fourth-order valence-electron chi connectivity index (χ4n) is 2.96. The van der Waals surface area contributed by atoms with Gasteiger partial charge in [-0.1, -0.05) is 18.2 Å². The Labute approximate surface area is 137 Å². The summed E-state index contributed by atoms with van der Waals surface area (Å²) < 4.78 is 0. The summed E-state index contributed by atoms with van der Waals surface area (Å²) in [6.07, 6.45) is 3.30. The van der Waals surface area contributed by atoms with Crippen molar-refractivity contribution in [3.05, 3.63) is 29.8 Å². The lowest BCUT2D eigenvalue weighted by atomic mass is 9.96. The maximum Gasteiger partial charge on any atom is 0.239 e. The first-order valence-electron chi connectivity index (χ1n) is 8.23. The van der Waals surface area contributed by atoms with E-state index in [1.54, 1.807) is 0 Å². The van der Waals surface area contributed by atoms with Crippen LogP contribution in [0.25, 0.3) is 0 Å². The van der Waals surface area contributed by atoms with Gasteiger partial charge in [-0.25, -0.2) is 0 Å². The molecule has 23 heavy (non-hydrogen) atoms. The van der Waals surface area contributed by atoms with Crippen molar-refractivity contribution in [1.82, 2.24) is 5.32 Å². The highest BCUT2D eigenvalue weighted by Gasteiger charge is 2.23. The zero-order chi connectivity index (χ0) is 16.7. The summed E-state index contributed by atoms with van der Waals surface area (Å²) in [5.41, 5.74) is 13.2. The van der Waals surface area contributed by atoms with Gasteiger partial charge in [0.1, 0.15) is 6.04 Å². The Hall–Kier alpha value is -2.08. The van der Waals surface area contributed by atoms with Crippen LogP contribution in [0.5, 0.6) is 0 Å². The molecule has 1 aromatic carbocycles. The Morgan fingerprint density at radius 3 is 2.83 bits per heavy atom. The van der Waals surface area contributed by atoms with Crippen LogP contribution in [0, 0.1) is 0 Å². The van der Waals surface area contributed by atoms with Gasteiger partial charge in [0.05, 0.1) is 0 Å². The lowest BCUT2D eigenvalue weighted by molar-refractivity contribution is -0.127. The van der Waals surface area contributed by atoms with Gasteiger partial charge in [-0.05, 0) is 43.9 Å². The van der Waals surface area contributed by atoms with Crippen LogP contribution in [0.15, 0.2) is 24.3 Å². The molecule has 0 bridgehead atoms. The molecule has 126 valence electrons. The molecule has 0 radical (unpaired) electrons. The number of carbonyl (C=O) groups excluding carboxylic acids is 2. The van der Waals surface area contributed by atoms with Crippen molar-refractivity contribution in [2.45, 2.75) is 44.1 Å². The van der Waals surface area contributed by atoms with Gasteiger partial charge in [0.2, 0.25) is 11.8 Å².